The summed E-state index contributed by atoms with van der Waals surface area (Å²) in [4.78, 5) is 34.8. The molecule has 17 heavy (non-hydrogen) atoms. The van der Waals surface area contributed by atoms with E-state index in [1.54, 1.807) is 0 Å². The summed E-state index contributed by atoms with van der Waals surface area (Å²) in [6, 6.07) is 0. The molecule has 0 heterocycles. The highest BCUT2D eigenvalue weighted by atomic mass is 16.4. The maximum atomic E-state index is 11.9. The van der Waals surface area contributed by atoms with E-state index in [2.05, 4.69) is 0 Å². The Morgan fingerprint density at radius 1 is 1.35 bits per heavy atom. The minimum absolute atomic E-state index is 0.123. The van der Waals surface area contributed by atoms with E-state index in [9.17, 15) is 14.4 Å². The van der Waals surface area contributed by atoms with Gasteiger partial charge in [-0.05, 0) is 12.8 Å². The molecule has 1 fully saturated rings. The van der Waals surface area contributed by atoms with E-state index in [4.69, 9.17) is 10.8 Å². The van der Waals surface area contributed by atoms with E-state index < -0.39 is 23.7 Å². The van der Waals surface area contributed by atoms with Gasteiger partial charge >= 0.3 is 5.97 Å². The van der Waals surface area contributed by atoms with Crippen molar-refractivity contribution in [2.24, 2.45) is 17.6 Å². The summed E-state index contributed by atoms with van der Waals surface area (Å²) in [6.45, 7) is 2.31. The number of amides is 2. The van der Waals surface area contributed by atoms with Gasteiger partial charge in [-0.1, -0.05) is 13.3 Å². The van der Waals surface area contributed by atoms with E-state index in [0.717, 1.165) is 12.8 Å². The van der Waals surface area contributed by atoms with Gasteiger partial charge in [0.25, 0.3) is 0 Å². The predicted octanol–water partition coefficient (Wildman–Crippen LogP) is -0.179. The van der Waals surface area contributed by atoms with Crippen LogP contribution in [0.1, 0.15) is 26.2 Å². The molecule has 0 aromatic rings. The number of carbonyl (C=O) groups excluding carboxylic acids is 2. The third kappa shape index (κ3) is 3.72. The van der Waals surface area contributed by atoms with Crippen molar-refractivity contribution in [2.75, 3.05) is 13.1 Å². The molecule has 0 bridgehead atoms. The summed E-state index contributed by atoms with van der Waals surface area (Å²) in [5.41, 5.74) is 5.07. The molecule has 6 heteroatoms. The molecule has 1 rings (SSSR count). The molecule has 1 aliphatic rings. The number of nitrogens with zero attached hydrogens (tertiary/aromatic N) is 1. The number of hydrogen-bond donors (Lipinski definition) is 2. The molecule has 0 spiro atoms. The molecule has 1 aliphatic carbocycles. The van der Waals surface area contributed by atoms with Gasteiger partial charge in [0, 0.05) is 6.54 Å². The van der Waals surface area contributed by atoms with E-state index in [0.29, 0.717) is 13.0 Å². The van der Waals surface area contributed by atoms with Crippen LogP contribution in [0.2, 0.25) is 0 Å². The minimum atomic E-state index is -0.946. The zero-order valence-corrected chi connectivity index (χ0v) is 9.89. The van der Waals surface area contributed by atoms with Crippen LogP contribution in [0.5, 0.6) is 0 Å². The molecule has 3 N–H and O–H groups in total. The molecule has 96 valence electrons. The zero-order valence-electron chi connectivity index (χ0n) is 9.89. The first-order valence-electron chi connectivity index (χ1n) is 5.77. The average Bonchev–Trinajstić information content (AvgIpc) is 3.02. The quantitative estimate of drug-likeness (QED) is 0.646. The van der Waals surface area contributed by atoms with Crippen LogP contribution in [0, 0.1) is 11.8 Å². The lowest BCUT2D eigenvalue weighted by molar-refractivity contribution is -0.142. The Morgan fingerprint density at radius 2 is 2.00 bits per heavy atom. The fourth-order valence-electron chi connectivity index (χ4n) is 1.78. The van der Waals surface area contributed by atoms with Crippen LogP contribution < -0.4 is 5.73 Å². The first-order valence-corrected chi connectivity index (χ1v) is 5.77. The number of rotatable bonds is 7. The first-order chi connectivity index (χ1) is 7.97. The average molecular weight is 242 g/mol. The number of carboxylic acid groups (broad SMARTS) is 1. The first kappa shape index (κ1) is 13.5. The Kier molecular flexibility index (Phi) is 4.48. The van der Waals surface area contributed by atoms with E-state index in [-0.39, 0.29) is 12.5 Å². The third-order valence-corrected chi connectivity index (χ3v) is 2.86. The van der Waals surface area contributed by atoms with Crippen LogP contribution in [0.3, 0.4) is 0 Å². The predicted molar refractivity (Wildman–Crippen MR) is 59.9 cm³/mol. The molecular formula is C11H18N2O4. The summed E-state index contributed by atoms with van der Waals surface area (Å²) < 4.78 is 0. The Hall–Kier alpha value is -1.59. The van der Waals surface area contributed by atoms with Crippen molar-refractivity contribution in [1.82, 2.24) is 4.90 Å². The maximum Gasteiger partial charge on any atom is 0.307 e. The van der Waals surface area contributed by atoms with Gasteiger partial charge in [-0.25, -0.2) is 0 Å². The second-order valence-electron chi connectivity index (χ2n) is 4.37. The fourth-order valence-corrected chi connectivity index (χ4v) is 1.78. The van der Waals surface area contributed by atoms with Gasteiger partial charge in [0.1, 0.15) is 0 Å². The van der Waals surface area contributed by atoms with Crippen molar-refractivity contribution in [3.8, 4) is 0 Å². The SMILES string of the molecule is CCCCN(CC(N)=O)C(=O)[C@@H]1C[C@@H]1C(=O)O. The number of unbranched alkanes of at least 4 members (excludes halogenated alkanes) is 1. The van der Waals surface area contributed by atoms with Crippen molar-refractivity contribution in [1.29, 1.82) is 0 Å². The molecule has 6 nitrogen and oxygen atoms in total. The summed E-state index contributed by atoms with van der Waals surface area (Å²) in [5.74, 6) is -2.83. The lowest BCUT2D eigenvalue weighted by atomic mass is 10.2. The standard InChI is InChI=1S/C11H18N2O4/c1-2-3-4-13(6-9(12)14)10(15)7-5-8(7)11(16)17/h7-8H,2-6H2,1H3,(H2,12,14)(H,16,17)/t7-,8+/m1/s1. The van der Waals surface area contributed by atoms with Crippen LogP contribution >= 0.6 is 0 Å². The number of carbonyl (C=O) groups is 3. The number of primary amides is 1. The lowest BCUT2D eigenvalue weighted by Crippen LogP contribution is -2.40. The van der Waals surface area contributed by atoms with Crippen LogP contribution in [-0.4, -0.2) is 40.9 Å². The molecule has 2 atom stereocenters. The van der Waals surface area contributed by atoms with Gasteiger partial charge in [0.2, 0.25) is 11.8 Å². The van der Waals surface area contributed by atoms with Crippen molar-refractivity contribution in [3.63, 3.8) is 0 Å². The van der Waals surface area contributed by atoms with Crippen LogP contribution in [0.25, 0.3) is 0 Å². The van der Waals surface area contributed by atoms with Crippen LogP contribution in [0.15, 0.2) is 0 Å². The lowest BCUT2D eigenvalue weighted by Gasteiger charge is -2.20. The number of aliphatic carboxylic acids is 1. The van der Waals surface area contributed by atoms with E-state index in [1.807, 2.05) is 6.92 Å². The largest absolute Gasteiger partial charge is 0.481 e. The molecule has 0 unspecified atom stereocenters. The monoisotopic (exact) mass is 242 g/mol. The van der Waals surface area contributed by atoms with Crippen LogP contribution in [-0.2, 0) is 14.4 Å². The summed E-state index contributed by atoms with van der Waals surface area (Å²) in [6.07, 6.45) is 2.05. The summed E-state index contributed by atoms with van der Waals surface area (Å²) in [7, 11) is 0. The van der Waals surface area contributed by atoms with Crippen molar-refractivity contribution in [2.45, 2.75) is 26.2 Å². The zero-order chi connectivity index (χ0) is 13.0. The van der Waals surface area contributed by atoms with Crippen molar-refractivity contribution < 1.29 is 19.5 Å². The topological polar surface area (TPSA) is 101 Å². The molecule has 2 amide bonds. The number of carboxylic acids is 1. The fraction of sp³-hybridized carbons (Fsp3) is 0.727. The van der Waals surface area contributed by atoms with Crippen LogP contribution in [0.4, 0.5) is 0 Å². The smallest absolute Gasteiger partial charge is 0.307 e. The summed E-state index contributed by atoms with van der Waals surface area (Å²) in [5, 5.41) is 8.75. The number of hydrogen-bond acceptors (Lipinski definition) is 3. The van der Waals surface area contributed by atoms with Gasteiger partial charge in [0.05, 0.1) is 18.4 Å². The van der Waals surface area contributed by atoms with E-state index in [1.165, 1.54) is 4.90 Å². The normalized spacial score (nSPS) is 21.9. The highest BCUT2D eigenvalue weighted by Crippen LogP contribution is 2.40. The molecule has 0 saturated heterocycles. The molecule has 1 saturated carbocycles. The Bertz CT molecular complexity index is 329. The second kappa shape index (κ2) is 5.65. The van der Waals surface area contributed by atoms with Crippen molar-refractivity contribution >= 4 is 17.8 Å². The van der Waals surface area contributed by atoms with Gasteiger partial charge in [-0.3, -0.25) is 14.4 Å². The van der Waals surface area contributed by atoms with Gasteiger partial charge in [0.15, 0.2) is 0 Å². The maximum absolute atomic E-state index is 11.9. The number of nitrogens with two attached hydrogens (primary N) is 1. The summed E-state index contributed by atoms with van der Waals surface area (Å²) >= 11 is 0. The van der Waals surface area contributed by atoms with Crippen molar-refractivity contribution in [3.05, 3.63) is 0 Å². The van der Waals surface area contributed by atoms with Gasteiger partial charge in [-0.2, -0.15) is 0 Å². The second-order valence-corrected chi connectivity index (χ2v) is 4.37. The molecule has 0 aromatic carbocycles. The minimum Gasteiger partial charge on any atom is -0.481 e. The third-order valence-electron chi connectivity index (χ3n) is 2.86. The molecule has 0 aromatic heterocycles. The van der Waals surface area contributed by atoms with Gasteiger partial charge < -0.3 is 15.7 Å². The molecule has 0 radical (unpaired) electrons. The highest BCUT2D eigenvalue weighted by molar-refractivity contribution is 5.91. The van der Waals surface area contributed by atoms with Gasteiger partial charge in [-0.15, -0.1) is 0 Å². The highest BCUT2D eigenvalue weighted by Gasteiger charge is 2.49. The molecule has 0 aliphatic heterocycles. The Balaban J connectivity index is 2.54. The van der Waals surface area contributed by atoms with E-state index >= 15 is 0 Å². The molecular weight excluding hydrogens is 224 g/mol. The Labute approximate surface area is 99.8 Å². The Morgan fingerprint density at radius 3 is 2.41 bits per heavy atom.